The molecule has 2 rings (SSSR count). The molecule has 1 aromatic rings. The number of sulfonamides is 1. The highest BCUT2D eigenvalue weighted by Gasteiger charge is 2.31. The van der Waals surface area contributed by atoms with Crippen LogP contribution in [0.3, 0.4) is 0 Å². The van der Waals surface area contributed by atoms with Crippen molar-refractivity contribution in [1.82, 2.24) is 4.72 Å². The Kier molecular flexibility index (Phi) is 4.98. The summed E-state index contributed by atoms with van der Waals surface area (Å²) in [6, 6.07) is 4.85. The van der Waals surface area contributed by atoms with Crippen molar-refractivity contribution in [2.45, 2.75) is 57.0 Å². The Morgan fingerprint density at radius 1 is 1.43 bits per heavy atom. The lowest BCUT2D eigenvalue weighted by atomic mass is 9.75. The Labute approximate surface area is 132 Å². The number of rotatable bonds is 4. The van der Waals surface area contributed by atoms with Gasteiger partial charge in [0.05, 0.1) is 5.02 Å². The number of halogens is 1. The average molecular weight is 331 g/mol. The lowest BCUT2D eigenvalue weighted by molar-refractivity contribution is 0.212. The van der Waals surface area contributed by atoms with Crippen LogP contribution in [0.1, 0.15) is 45.1 Å². The molecule has 0 amide bonds. The van der Waals surface area contributed by atoms with Crippen molar-refractivity contribution in [3.63, 3.8) is 0 Å². The molecule has 3 N–H and O–H groups in total. The minimum Gasteiger partial charge on any atom is -0.326 e. The van der Waals surface area contributed by atoms with Crippen LogP contribution in [0.25, 0.3) is 0 Å². The second-order valence-corrected chi connectivity index (χ2v) is 8.64. The van der Waals surface area contributed by atoms with Crippen molar-refractivity contribution in [1.29, 1.82) is 0 Å². The van der Waals surface area contributed by atoms with Crippen molar-refractivity contribution in [2.24, 2.45) is 11.1 Å². The fraction of sp³-hybridized carbons (Fsp3) is 0.600. The number of hydrogen-bond donors (Lipinski definition) is 2. The molecule has 6 heteroatoms. The summed E-state index contributed by atoms with van der Waals surface area (Å²) >= 11 is 6.05. The van der Waals surface area contributed by atoms with Gasteiger partial charge in [-0.1, -0.05) is 37.9 Å². The molecule has 0 aromatic heterocycles. The molecule has 1 aliphatic rings. The van der Waals surface area contributed by atoms with Gasteiger partial charge in [0.1, 0.15) is 4.90 Å². The molecule has 0 heterocycles. The SMILES string of the molecule is CC1(C)CCCC(NS(=O)(=O)c2cc(CN)ccc2Cl)C1. The van der Waals surface area contributed by atoms with Crippen LogP contribution >= 0.6 is 11.6 Å². The van der Waals surface area contributed by atoms with Gasteiger partial charge >= 0.3 is 0 Å². The summed E-state index contributed by atoms with van der Waals surface area (Å²) in [5.74, 6) is 0. The van der Waals surface area contributed by atoms with E-state index < -0.39 is 10.0 Å². The summed E-state index contributed by atoms with van der Waals surface area (Å²) in [5, 5.41) is 0.231. The highest BCUT2D eigenvalue weighted by Crippen LogP contribution is 2.36. The Bertz CT molecular complexity index is 614. The maximum absolute atomic E-state index is 12.6. The van der Waals surface area contributed by atoms with Crippen LogP contribution < -0.4 is 10.5 Å². The summed E-state index contributed by atoms with van der Waals surface area (Å²) in [6.07, 6.45) is 3.89. The monoisotopic (exact) mass is 330 g/mol. The van der Waals surface area contributed by atoms with Crippen LogP contribution in [0.5, 0.6) is 0 Å². The minimum atomic E-state index is -3.61. The van der Waals surface area contributed by atoms with Crippen molar-refractivity contribution < 1.29 is 8.42 Å². The third-order valence-corrected chi connectivity index (χ3v) is 6.05. The maximum atomic E-state index is 12.6. The van der Waals surface area contributed by atoms with Gasteiger partial charge in [0, 0.05) is 12.6 Å². The lowest BCUT2D eigenvalue weighted by Gasteiger charge is -2.35. The quantitative estimate of drug-likeness (QED) is 0.891. The number of nitrogens with one attached hydrogen (secondary N) is 1. The van der Waals surface area contributed by atoms with E-state index in [0.29, 0.717) is 0 Å². The minimum absolute atomic E-state index is 0.0312. The van der Waals surface area contributed by atoms with Crippen LogP contribution in [0.15, 0.2) is 23.1 Å². The normalized spacial score (nSPS) is 22.2. The van der Waals surface area contributed by atoms with Gasteiger partial charge < -0.3 is 5.73 Å². The second-order valence-electron chi connectivity index (χ2n) is 6.55. The molecule has 4 nitrogen and oxygen atoms in total. The van der Waals surface area contributed by atoms with Gasteiger partial charge in [-0.15, -0.1) is 0 Å². The second kappa shape index (κ2) is 6.24. The summed E-state index contributed by atoms with van der Waals surface area (Å²) in [7, 11) is -3.61. The molecule has 1 aromatic carbocycles. The first-order chi connectivity index (χ1) is 9.73. The van der Waals surface area contributed by atoms with E-state index in [0.717, 1.165) is 31.2 Å². The Morgan fingerprint density at radius 2 is 2.14 bits per heavy atom. The highest BCUT2D eigenvalue weighted by molar-refractivity contribution is 7.89. The van der Waals surface area contributed by atoms with Crippen molar-refractivity contribution in [3.05, 3.63) is 28.8 Å². The van der Waals surface area contributed by atoms with Crippen LogP contribution in [0, 0.1) is 5.41 Å². The zero-order valence-corrected chi connectivity index (χ0v) is 14.1. The first-order valence-corrected chi connectivity index (χ1v) is 9.10. The van der Waals surface area contributed by atoms with Gasteiger partial charge in [0.25, 0.3) is 0 Å². The summed E-state index contributed by atoms with van der Waals surface area (Å²) in [4.78, 5) is 0.121. The highest BCUT2D eigenvalue weighted by atomic mass is 35.5. The molecule has 1 atom stereocenters. The smallest absolute Gasteiger partial charge is 0.242 e. The van der Waals surface area contributed by atoms with Crippen LogP contribution in [0.4, 0.5) is 0 Å². The van der Waals surface area contributed by atoms with E-state index in [1.165, 1.54) is 0 Å². The van der Waals surface area contributed by atoms with Gasteiger partial charge in [0.2, 0.25) is 10.0 Å². The van der Waals surface area contributed by atoms with Gasteiger partial charge in [-0.25, -0.2) is 13.1 Å². The standard InChI is InChI=1S/C15H23ClN2O2S/c1-15(2)7-3-4-12(9-15)18-21(19,20)14-8-11(10-17)5-6-13(14)16/h5-6,8,12,18H,3-4,7,9-10,17H2,1-2H3. The molecular formula is C15H23ClN2O2S. The van der Waals surface area contributed by atoms with Gasteiger partial charge in [-0.3, -0.25) is 0 Å². The first-order valence-electron chi connectivity index (χ1n) is 7.24. The van der Waals surface area contributed by atoms with E-state index in [9.17, 15) is 8.42 Å². The number of benzene rings is 1. The average Bonchev–Trinajstić information content (AvgIpc) is 2.37. The molecule has 0 radical (unpaired) electrons. The molecule has 0 bridgehead atoms. The molecule has 1 aliphatic carbocycles. The van der Waals surface area contributed by atoms with Gasteiger partial charge in [-0.2, -0.15) is 0 Å². The topological polar surface area (TPSA) is 72.2 Å². The number of nitrogens with two attached hydrogens (primary N) is 1. The van der Waals surface area contributed by atoms with Crippen LogP contribution in [0.2, 0.25) is 5.02 Å². The lowest BCUT2D eigenvalue weighted by Crippen LogP contribution is -2.40. The van der Waals surface area contributed by atoms with Crippen molar-refractivity contribution >= 4 is 21.6 Å². The molecular weight excluding hydrogens is 308 g/mol. The fourth-order valence-corrected chi connectivity index (χ4v) is 4.78. The Hall–Kier alpha value is -0.620. The maximum Gasteiger partial charge on any atom is 0.242 e. The van der Waals surface area contributed by atoms with Crippen molar-refractivity contribution in [2.75, 3.05) is 0 Å². The zero-order valence-electron chi connectivity index (χ0n) is 12.5. The van der Waals surface area contributed by atoms with Crippen LogP contribution in [-0.4, -0.2) is 14.5 Å². The molecule has 118 valence electrons. The predicted octanol–water partition coefficient (Wildman–Crippen LogP) is 3.05. The van der Waals surface area contributed by atoms with E-state index in [2.05, 4.69) is 18.6 Å². The van der Waals surface area contributed by atoms with E-state index >= 15 is 0 Å². The summed E-state index contributed by atoms with van der Waals surface area (Å²) in [5.41, 5.74) is 6.50. The fourth-order valence-electron chi connectivity index (χ4n) is 2.96. The van der Waals surface area contributed by atoms with Gasteiger partial charge in [0.15, 0.2) is 0 Å². The summed E-state index contributed by atoms with van der Waals surface area (Å²) < 4.78 is 27.9. The first kappa shape index (κ1) is 16.7. The van der Waals surface area contributed by atoms with E-state index in [4.69, 9.17) is 17.3 Å². The third-order valence-electron chi connectivity index (χ3n) is 4.05. The Balaban J connectivity index is 2.22. The van der Waals surface area contributed by atoms with E-state index in [1.54, 1.807) is 18.2 Å². The molecule has 21 heavy (non-hydrogen) atoms. The predicted molar refractivity (Wildman–Crippen MR) is 85.7 cm³/mol. The molecule has 0 aliphatic heterocycles. The molecule has 0 spiro atoms. The van der Waals surface area contributed by atoms with E-state index in [-0.39, 0.29) is 27.9 Å². The van der Waals surface area contributed by atoms with Gasteiger partial charge in [-0.05, 0) is 42.4 Å². The zero-order chi connectivity index (χ0) is 15.7. The Morgan fingerprint density at radius 3 is 2.76 bits per heavy atom. The summed E-state index contributed by atoms with van der Waals surface area (Å²) in [6.45, 7) is 4.64. The van der Waals surface area contributed by atoms with Crippen molar-refractivity contribution in [3.8, 4) is 0 Å². The molecule has 1 fully saturated rings. The van der Waals surface area contributed by atoms with Crippen LogP contribution in [-0.2, 0) is 16.6 Å². The number of hydrogen-bond acceptors (Lipinski definition) is 3. The molecule has 1 unspecified atom stereocenters. The largest absolute Gasteiger partial charge is 0.326 e. The van der Waals surface area contributed by atoms with E-state index in [1.807, 2.05) is 0 Å². The molecule has 1 saturated carbocycles. The third kappa shape index (κ3) is 4.19. The molecule has 0 saturated heterocycles.